The molecule has 1 aliphatic rings. The molecule has 1 heterocycles. The van der Waals surface area contributed by atoms with Crippen LogP contribution in [0.3, 0.4) is 0 Å². The molecule has 92 valence electrons. The minimum atomic E-state index is -0.693. The highest BCUT2D eigenvalue weighted by atomic mass is 16.3. The van der Waals surface area contributed by atoms with E-state index in [0.717, 1.165) is 25.7 Å². The van der Waals surface area contributed by atoms with Crippen LogP contribution in [0.5, 0.6) is 0 Å². The molecule has 0 aromatic rings. The monoisotopic (exact) mass is 225 g/mol. The van der Waals surface area contributed by atoms with Crippen LogP contribution in [0.4, 0.5) is 0 Å². The molecule has 3 heteroatoms. The van der Waals surface area contributed by atoms with Crippen molar-refractivity contribution in [1.82, 2.24) is 4.90 Å². The van der Waals surface area contributed by atoms with Gasteiger partial charge in [0, 0.05) is 13.5 Å². The summed E-state index contributed by atoms with van der Waals surface area (Å²) in [5, 5.41) is 10.2. The van der Waals surface area contributed by atoms with E-state index in [1.54, 1.807) is 4.90 Å². The Bertz CT molecular complexity index is 275. The van der Waals surface area contributed by atoms with Crippen molar-refractivity contribution in [3.8, 4) is 0 Å². The van der Waals surface area contributed by atoms with Gasteiger partial charge in [-0.25, -0.2) is 0 Å². The fourth-order valence-corrected chi connectivity index (χ4v) is 2.15. The molecule has 2 unspecified atom stereocenters. The van der Waals surface area contributed by atoms with Gasteiger partial charge in [-0.15, -0.1) is 0 Å². The number of likely N-dealkylation sites (tertiary alicyclic amines) is 1. The smallest absolute Gasteiger partial charge is 0.222 e. The maximum absolute atomic E-state index is 11.3. The molecule has 0 radical (unpaired) electrons. The first kappa shape index (κ1) is 13.2. The second-order valence-electron chi connectivity index (χ2n) is 4.68. The van der Waals surface area contributed by atoms with E-state index >= 15 is 0 Å². The first-order valence-electron chi connectivity index (χ1n) is 6.20. The molecule has 1 amide bonds. The van der Waals surface area contributed by atoms with Crippen LogP contribution in [0.15, 0.2) is 12.2 Å². The van der Waals surface area contributed by atoms with Crippen LogP contribution in [0.25, 0.3) is 0 Å². The van der Waals surface area contributed by atoms with Crippen molar-refractivity contribution < 1.29 is 9.90 Å². The number of rotatable bonds is 5. The lowest BCUT2D eigenvalue weighted by Crippen LogP contribution is -2.29. The Morgan fingerprint density at radius 1 is 1.56 bits per heavy atom. The van der Waals surface area contributed by atoms with E-state index in [1.165, 1.54) is 0 Å². The largest absolute Gasteiger partial charge is 0.386 e. The van der Waals surface area contributed by atoms with Gasteiger partial charge in [0.25, 0.3) is 0 Å². The minimum absolute atomic E-state index is 0.169. The fraction of sp³-hybridized carbons (Fsp3) is 0.769. The number of carbonyl (C=O) groups is 1. The Labute approximate surface area is 98.1 Å². The fourth-order valence-electron chi connectivity index (χ4n) is 2.15. The predicted molar refractivity (Wildman–Crippen MR) is 65.1 cm³/mol. The molecule has 2 atom stereocenters. The summed E-state index contributed by atoms with van der Waals surface area (Å²) in [5.41, 5.74) is -0.693. The van der Waals surface area contributed by atoms with E-state index in [-0.39, 0.29) is 11.9 Å². The molecule has 0 spiro atoms. The normalized spacial score (nSPS) is 25.4. The van der Waals surface area contributed by atoms with E-state index in [0.29, 0.717) is 6.42 Å². The Morgan fingerprint density at radius 2 is 2.25 bits per heavy atom. The highest BCUT2D eigenvalue weighted by Crippen LogP contribution is 2.22. The molecule has 1 aliphatic heterocycles. The first-order chi connectivity index (χ1) is 7.52. The van der Waals surface area contributed by atoms with Crippen LogP contribution in [-0.4, -0.2) is 34.6 Å². The Morgan fingerprint density at radius 3 is 2.69 bits per heavy atom. The van der Waals surface area contributed by atoms with Gasteiger partial charge in [-0.05, 0) is 19.3 Å². The van der Waals surface area contributed by atoms with E-state index in [4.69, 9.17) is 0 Å². The van der Waals surface area contributed by atoms with E-state index in [2.05, 4.69) is 6.92 Å². The van der Waals surface area contributed by atoms with Crippen LogP contribution in [0.1, 0.15) is 46.0 Å². The van der Waals surface area contributed by atoms with Gasteiger partial charge in [0.15, 0.2) is 0 Å². The molecular weight excluding hydrogens is 202 g/mol. The van der Waals surface area contributed by atoms with Crippen LogP contribution < -0.4 is 0 Å². The number of hydrogen-bond acceptors (Lipinski definition) is 2. The van der Waals surface area contributed by atoms with Crippen molar-refractivity contribution in [2.75, 3.05) is 7.05 Å². The second-order valence-corrected chi connectivity index (χ2v) is 4.68. The Kier molecular flexibility index (Phi) is 4.54. The number of nitrogens with zero attached hydrogens (tertiary/aromatic N) is 1. The SMILES string of the molecule is CCCC(O)(/C=C/C1CCC(=O)N1C)CC. The van der Waals surface area contributed by atoms with Crippen molar-refractivity contribution in [1.29, 1.82) is 0 Å². The molecule has 0 aliphatic carbocycles. The lowest BCUT2D eigenvalue weighted by Gasteiger charge is -2.24. The molecule has 1 N–H and O–H groups in total. The second kappa shape index (κ2) is 5.48. The number of hydrogen-bond donors (Lipinski definition) is 1. The van der Waals surface area contributed by atoms with Crippen molar-refractivity contribution in [2.45, 2.75) is 57.6 Å². The summed E-state index contributed by atoms with van der Waals surface area (Å²) in [6.45, 7) is 4.06. The van der Waals surface area contributed by atoms with E-state index in [1.807, 2.05) is 26.1 Å². The standard InChI is InChI=1S/C13H23NO2/c1-4-9-13(16,5-2)10-8-11-6-7-12(15)14(11)3/h8,10-11,16H,4-7,9H2,1-3H3/b10-8+. The summed E-state index contributed by atoms with van der Waals surface area (Å²) in [5.74, 6) is 0.199. The number of carbonyl (C=O) groups excluding carboxylic acids is 1. The summed E-state index contributed by atoms with van der Waals surface area (Å²) >= 11 is 0. The maximum atomic E-state index is 11.3. The van der Waals surface area contributed by atoms with Gasteiger partial charge < -0.3 is 10.0 Å². The van der Waals surface area contributed by atoms with Crippen molar-refractivity contribution in [3.63, 3.8) is 0 Å². The molecule has 1 fully saturated rings. The molecule has 1 rings (SSSR count). The molecule has 0 bridgehead atoms. The van der Waals surface area contributed by atoms with Crippen LogP contribution in [0, 0.1) is 0 Å². The topological polar surface area (TPSA) is 40.5 Å². The highest BCUT2D eigenvalue weighted by molar-refractivity contribution is 5.78. The molecule has 1 saturated heterocycles. The molecule has 3 nitrogen and oxygen atoms in total. The van der Waals surface area contributed by atoms with Gasteiger partial charge >= 0.3 is 0 Å². The van der Waals surface area contributed by atoms with E-state index < -0.39 is 5.60 Å². The third-order valence-corrected chi connectivity index (χ3v) is 3.47. The Hall–Kier alpha value is -0.830. The van der Waals surface area contributed by atoms with Gasteiger partial charge in [0.2, 0.25) is 5.91 Å². The number of aliphatic hydroxyl groups is 1. The van der Waals surface area contributed by atoms with Gasteiger partial charge in [-0.3, -0.25) is 4.79 Å². The van der Waals surface area contributed by atoms with Crippen LogP contribution >= 0.6 is 0 Å². The summed E-state index contributed by atoms with van der Waals surface area (Å²) in [6, 6.07) is 0.169. The zero-order valence-corrected chi connectivity index (χ0v) is 10.6. The lowest BCUT2D eigenvalue weighted by molar-refractivity contribution is -0.127. The molecule has 0 aromatic heterocycles. The molecule has 0 saturated carbocycles. The third kappa shape index (κ3) is 3.08. The Balaban J connectivity index is 2.61. The van der Waals surface area contributed by atoms with Gasteiger partial charge in [-0.2, -0.15) is 0 Å². The summed E-state index contributed by atoms with van der Waals surface area (Å²) in [4.78, 5) is 13.1. The third-order valence-electron chi connectivity index (χ3n) is 3.47. The predicted octanol–water partition coefficient (Wildman–Crippen LogP) is 2.10. The van der Waals surface area contributed by atoms with Gasteiger partial charge in [-0.1, -0.05) is 32.4 Å². The van der Waals surface area contributed by atoms with Crippen LogP contribution in [0.2, 0.25) is 0 Å². The molecular formula is C13H23NO2. The number of likely N-dealkylation sites (N-methyl/N-ethyl adjacent to an activating group) is 1. The summed E-state index contributed by atoms with van der Waals surface area (Å²) < 4.78 is 0. The molecule has 0 aromatic carbocycles. The minimum Gasteiger partial charge on any atom is -0.386 e. The maximum Gasteiger partial charge on any atom is 0.222 e. The highest BCUT2D eigenvalue weighted by Gasteiger charge is 2.27. The zero-order chi connectivity index (χ0) is 12.2. The van der Waals surface area contributed by atoms with Gasteiger partial charge in [0.1, 0.15) is 0 Å². The summed E-state index contributed by atoms with van der Waals surface area (Å²) in [6.07, 6.45) is 7.85. The first-order valence-corrected chi connectivity index (χ1v) is 6.20. The number of amides is 1. The van der Waals surface area contributed by atoms with Crippen LogP contribution in [-0.2, 0) is 4.79 Å². The van der Waals surface area contributed by atoms with Crippen molar-refractivity contribution in [2.24, 2.45) is 0 Å². The zero-order valence-electron chi connectivity index (χ0n) is 10.6. The summed E-state index contributed by atoms with van der Waals surface area (Å²) in [7, 11) is 1.83. The van der Waals surface area contributed by atoms with E-state index in [9.17, 15) is 9.90 Å². The average molecular weight is 225 g/mol. The quantitative estimate of drug-likeness (QED) is 0.728. The average Bonchev–Trinajstić information content (AvgIpc) is 2.58. The molecule has 16 heavy (non-hydrogen) atoms. The lowest BCUT2D eigenvalue weighted by atomic mass is 9.93. The van der Waals surface area contributed by atoms with Gasteiger partial charge in [0.05, 0.1) is 11.6 Å². The van der Waals surface area contributed by atoms with Crippen molar-refractivity contribution in [3.05, 3.63) is 12.2 Å². The van der Waals surface area contributed by atoms with Crippen molar-refractivity contribution >= 4 is 5.91 Å².